The van der Waals surface area contributed by atoms with Crippen molar-refractivity contribution in [2.24, 2.45) is 0 Å². The predicted octanol–water partition coefficient (Wildman–Crippen LogP) is 2.51. The van der Waals surface area contributed by atoms with Crippen molar-refractivity contribution >= 4 is 23.1 Å². The number of ether oxygens (including phenoxy) is 1. The molecule has 0 aliphatic carbocycles. The van der Waals surface area contributed by atoms with E-state index in [1.807, 2.05) is 0 Å². The van der Waals surface area contributed by atoms with Gasteiger partial charge in [-0.15, -0.1) is 11.3 Å². The minimum atomic E-state index is -4.63. The van der Waals surface area contributed by atoms with Crippen molar-refractivity contribution in [3.63, 3.8) is 0 Å². The molecule has 0 bridgehead atoms. The van der Waals surface area contributed by atoms with E-state index in [2.05, 4.69) is 4.74 Å². The molecule has 0 aliphatic rings. The first-order chi connectivity index (χ1) is 7.38. The summed E-state index contributed by atoms with van der Waals surface area (Å²) in [7, 11) is 0. The van der Waals surface area contributed by atoms with Crippen LogP contribution >= 0.6 is 11.3 Å². The quantitative estimate of drug-likeness (QED) is 0.471. The van der Waals surface area contributed by atoms with Crippen LogP contribution in [0, 0.1) is 0 Å². The fourth-order valence-electron chi connectivity index (χ4n) is 1.01. The topological polar surface area (TPSA) is 43.4 Å². The van der Waals surface area contributed by atoms with Gasteiger partial charge in [-0.1, -0.05) is 0 Å². The summed E-state index contributed by atoms with van der Waals surface area (Å²) in [6.07, 6.45) is -4.63. The van der Waals surface area contributed by atoms with Crippen molar-refractivity contribution in [1.29, 1.82) is 0 Å². The molecule has 0 spiro atoms. The third-order valence-corrected chi connectivity index (χ3v) is 2.59. The van der Waals surface area contributed by atoms with Crippen LogP contribution in [0.25, 0.3) is 0 Å². The second-order valence-corrected chi connectivity index (χ2v) is 3.63. The van der Waals surface area contributed by atoms with Crippen LogP contribution in [0.3, 0.4) is 0 Å². The molecular weight excluding hydrogens is 245 g/mol. The molecule has 0 aromatic carbocycles. The summed E-state index contributed by atoms with van der Waals surface area (Å²) < 4.78 is 41.5. The lowest BCUT2D eigenvalue weighted by Gasteiger charge is -2.06. The van der Waals surface area contributed by atoms with E-state index in [1.54, 1.807) is 0 Å². The lowest BCUT2D eigenvalue weighted by atomic mass is 10.1. The van der Waals surface area contributed by atoms with Gasteiger partial charge in [-0.3, -0.25) is 4.79 Å². The van der Waals surface area contributed by atoms with Crippen molar-refractivity contribution in [3.8, 4) is 0 Å². The number of carbonyl (C=O) groups is 2. The molecule has 0 unspecified atom stereocenters. The Kier molecular flexibility index (Phi) is 3.69. The first kappa shape index (κ1) is 12.7. The molecule has 0 saturated carbocycles. The number of rotatable bonds is 3. The molecule has 0 amide bonds. The molecular formula is C9H7F3O3S. The van der Waals surface area contributed by atoms with Gasteiger partial charge in [0.1, 0.15) is 4.88 Å². The van der Waals surface area contributed by atoms with Gasteiger partial charge in [-0.2, -0.15) is 13.2 Å². The number of hydrogen-bond donors (Lipinski definition) is 0. The molecule has 1 aromatic heterocycles. The van der Waals surface area contributed by atoms with E-state index < -0.39 is 28.4 Å². The van der Waals surface area contributed by atoms with E-state index >= 15 is 0 Å². The molecule has 1 rings (SSSR count). The van der Waals surface area contributed by atoms with Crippen molar-refractivity contribution in [2.75, 3.05) is 6.61 Å². The van der Waals surface area contributed by atoms with Crippen LogP contribution < -0.4 is 0 Å². The highest BCUT2D eigenvalue weighted by molar-refractivity contribution is 7.10. The summed E-state index contributed by atoms with van der Waals surface area (Å²) in [6.45, 7) is 1.40. The highest BCUT2D eigenvalue weighted by atomic mass is 32.1. The molecule has 0 saturated heterocycles. The number of halogens is 3. The Hall–Kier alpha value is -1.37. The zero-order valence-corrected chi connectivity index (χ0v) is 8.95. The number of ketones is 1. The van der Waals surface area contributed by atoms with Crippen LogP contribution in [0.15, 0.2) is 11.4 Å². The maximum Gasteiger partial charge on any atom is 0.426 e. The van der Waals surface area contributed by atoms with E-state index in [4.69, 9.17) is 0 Å². The first-order valence-electron chi connectivity index (χ1n) is 4.24. The average molecular weight is 252 g/mol. The van der Waals surface area contributed by atoms with Gasteiger partial charge in [0.05, 0.1) is 12.2 Å². The van der Waals surface area contributed by atoms with Crippen LogP contribution in [0.4, 0.5) is 13.2 Å². The minimum absolute atomic E-state index is 0.0595. The smallest absolute Gasteiger partial charge is 0.426 e. The largest absolute Gasteiger partial charge is 0.460 e. The second kappa shape index (κ2) is 4.65. The van der Waals surface area contributed by atoms with Crippen LogP contribution in [0.2, 0.25) is 0 Å². The summed E-state index contributed by atoms with van der Waals surface area (Å²) in [6, 6.07) is 0.965. The minimum Gasteiger partial charge on any atom is -0.460 e. The van der Waals surface area contributed by atoms with Crippen molar-refractivity contribution < 1.29 is 27.5 Å². The Bertz CT molecular complexity index is 408. The van der Waals surface area contributed by atoms with Gasteiger partial charge in [0, 0.05) is 0 Å². The highest BCUT2D eigenvalue weighted by Crippen LogP contribution is 2.36. The molecule has 1 aromatic rings. The molecule has 0 aliphatic heterocycles. The van der Waals surface area contributed by atoms with Crippen LogP contribution in [-0.4, -0.2) is 18.4 Å². The summed E-state index contributed by atoms with van der Waals surface area (Å²) in [5.74, 6) is -2.54. The molecule has 0 fully saturated rings. The van der Waals surface area contributed by atoms with Gasteiger partial charge in [-0.25, -0.2) is 4.79 Å². The number of hydrogen-bond acceptors (Lipinski definition) is 4. The molecule has 1 heterocycles. The van der Waals surface area contributed by atoms with E-state index in [0.29, 0.717) is 11.3 Å². The number of thiophene rings is 1. The van der Waals surface area contributed by atoms with Gasteiger partial charge >= 0.3 is 12.1 Å². The number of Topliss-reactive ketones (excluding diaryl/α,β-unsaturated/α-hetero) is 1. The van der Waals surface area contributed by atoms with E-state index in [1.165, 1.54) is 6.92 Å². The standard InChI is InChI=1S/C9H7F3O3S/c1-2-15-8(14)6(13)5-3-4-16-7(5)9(10,11)12/h3-4H,2H2,1H3. The number of alkyl halides is 3. The van der Waals surface area contributed by atoms with Crippen LogP contribution in [-0.2, 0) is 15.7 Å². The average Bonchev–Trinajstić information content (AvgIpc) is 2.64. The van der Waals surface area contributed by atoms with Gasteiger partial charge in [-0.05, 0) is 18.4 Å². The maximum atomic E-state index is 12.4. The summed E-state index contributed by atoms with van der Waals surface area (Å²) in [5.41, 5.74) is -0.657. The van der Waals surface area contributed by atoms with Crippen LogP contribution in [0.1, 0.15) is 22.2 Å². The lowest BCUT2D eigenvalue weighted by molar-refractivity contribution is -0.138. The van der Waals surface area contributed by atoms with Crippen molar-refractivity contribution in [3.05, 3.63) is 21.9 Å². The summed E-state index contributed by atoms with van der Waals surface area (Å²) in [5, 5.41) is 1.11. The Morgan fingerprint density at radius 3 is 2.56 bits per heavy atom. The highest BCUT2D eigenvalue weighted by Gasteiger charge is 2.38. The van der Waals surface area contributed by atoms with Gasteiger partial charge in [0.25, 0.3) is 5.78 Å². The SMILES string of the molecule is CCOC(=O)C(=O)c1ccsc1C(F)(F)F. The van der Waals surface area contributed by atoms with Gasteiger partial charge < -0.3 is 4.74 Å². The Morgan fingerprint density at radius 2 is 2.06 bits per heavy atom. The molecule has 3 nitrogen and oxygen atoms in total. The van der Waals surface area contributed by atoms with Crippen molar-refractivity contribution in [2.45, 2.75) is 13.1 Å². The summed E-state index contributed by atoms with van der Waals surface area (Å²) >= 11 is 0.367. The second-order valence-electron chi connectivity index (χ2n) is 2.71. The monoisotopic (exact) mass is 252 g/mol. The van der Waals surface area contributed by atoms with Gasteiger partial charge in [0.15, 0.2) is 0 Å². The van der Waals surface area contributed by atoms with Gasteiger partial charge in [0.2, 0.25) is 0 Å². The molecule has 88 valence electrons. The molecule has 0 N–H and O–H groups in total. The fourth-order valence-corrected chi connectivity index (χ4v) is 1.78. The zero-order valence-electron chi connectivity index (χ0n) is 8.13. The first-order valence-corrected chi connectivity index (χ1v) is 5.12. The summed E-state index contributed by atoms with van der Waals surface area (Å²) in [4.78, 5) is 21.2. The molecule has 7 heteroatoms. The molecule has 16 heavy (non-hydrogen) atoms. The van der Waals surface area contributed by atoms with E-state index in [9.17, 15) is 22.8 Å². The Labute approximate surface area is 92.8 Å². The Morgan fingerprint density at radius 1 is 1.44 bits per heavy atom. The van der Waals surface area contributed by atoms with E-state index in [0.717, 1.165) is 11.4 Å². The normalized spacial score (nSPS) is 11.2. The third-order valence-electron chi connectivity index (χ3n) is 1.63. The zero-order chi connectivity index (χ0) is 12.3. The lowest BCUT2D eigenvalue weighted by Crippen LogP contribution is -2.20. The van der Waals surface area contributed by atoms with Crippen molar-refractivity contribution in [1.82, 2.24) is 0 Å². The molecule has 0 radical (unpaired) electrons. The Balaban J connectivity index is 3.02. The number of carbonyl (C=O) groups excluding carboxylic acids is 2. The predicted molar refractivity (Wildman–Crippen MR) is 50.3 cm³/mol. The third kappa shape index (κ3) is 2.60. The molecule has 0 atom stereocenters. The van der Waals surface area contributed by atoms with E-state index in [-0.39, 0.29) is 6.61 Å². The van der Waals surface area contributed by atoms with Crippen LogP contribution in [0.5, 0.6) is 0 Å². The fraction of sp³-hybridized carbons (Fsp3) is 0.333. The maximum absolute atomic E-state index is 12.4. The number of esters is 1.